The smallest absolute Gasteiger partial charge is 0.0710 e. The number of hydrogen-bond acceptors (Lipinski definition) is 4. The van der Waals surface area contributed by atoms with Crippen molar-refractivity contribution in [1.29, 1.82) is 0 Å². The second-order valence-corrected chi connectivity index (χ2v) is 3.75. The highest BCUT2D eigenvalue weighted by Crippen LogP contribution is 2.15. The summed E-state index contributed by atoms with van der Waals surface area (Å²) < 4.78 is 5.25. The minimum absolute atomic E-state index is 0.0145. The molecule has 1 aliphatic rings. The molecule has 0 radical (unpaired) electrons. The van der Waals surface area contributed by atoms with E-state index in [9.17, 15) is 0 Å². The Bertz CT molecular complexity index is 153. The first-order valence-corrected chi connectivity index (χ1v) is 4.82. The molecule has 78 valence electrons. The molecule has 0 bridgehead atoms. The van der Waals surface area contributed by atoms with Gasteiger partial charge < -0.3 is 15.6 Å². The number of nitrogens with zero attached hydrogens (tertiary/aromatic N) is 1. The van der Waals surface area contributed by atoms with E-state index in [4.69, 9.17) is 15.6 Å². The standard InChI is InChI=1S/C9H20N2O2/c1-7(10)9(6-12)11-4-3-8(5-11)13-2/h7-9,12H,3-6,10H2,1-2H3. The maximum atomic E-state index is 9.15. The van der Waals surface area contributed by atoms with Gasteiger partial charge in [0.05, 0.1) is 12.7 Å². The van der Waals surface area contributed by atoms with Crippen LogP contribution < -0.4 is 5.73 Å². The molecule has 4 heteroatoms. The third-order valence-corrected chi connectivity index (χ3v) is 2.77. The zero-order valence-electron chi connectivity index (χ0n) is 8.44. The zero-order valence-corrected chi connectivity index (χ0v) is 8.44. The lowest BCUT2D eigenvalue weighted by Crippen LogP contribution is -2.48. The molecule has 3 N–H and O–H groups in total. The van der Waals surface area contributed by atoms with E-state index in [1.54, 1.807) is 7.11 Å². The number of hydrogen-bond donors (Lipinski definition) is 2. The lowest BCUT2D eigenvalue weighted by atomic mass is 10.1. The predicted octanol–water partition coefficient (Wildman–Crippen LogP) is -0.585. The number of aliphatic hydroxyl groups excluding tert-OH is 1. The first kappa shape index (κ1) is 10.9. The number of aliphatic hydroxyl groups is 1. The summed E-state index contributed by atoms with van der Waals surface area (Å²) in [5, 5.41) is 9.15. The molecule has 1 rings (SSSR count). The average molecular weight is 188 g/mol. The fourth-order valence-corrected chi connectivity index (χ4v) is 1.86. The minimum Gasteiger partial charge on any atom is -0.395 e. The maximum absolute atomic E-state index is 9.15. The van der Waals surface area contributed by atoms with E-state index in [0.29, 0.717) is 6.10 Å². The second-order valence-electron chi connectivity index (χ2n) is 3.75. The SMILES string of the molecule is COC1CCN(C(CO)C(C)N)C1. The van der Waals surface area contributed by atoms with E-state index in [1.807, 2.05) is 6.92 Å². The molecule has 1 fully saturated rings. The highest BCUT2D eigenvalue weighted by atomic mass is 16.5. The van der Waals surface area contributed by atoms with Crippen molar-refractivity contribution in [2.75, 3.05) is 26.8 Å². The van der Waals surface area contributed by atoms with Gasteiger partial charge in [0.15, 0.2) is 0 Å². The molecule has 0 spiro atoms. The monoisotopic (exact) mass is 188 g/mol. The van der Waals surface area contributed by atoms with E-state index in [-0.39, 0.29) is 18.7 Å². The molecule has 1 aliphatic heterocycles. The van der Waals surface area contributed by atoms with Crippen molar-refractivity contribution in [3.8, 4) is 0 Å². The van der Waals surface area contributed by atoms with Crippen molar-refractivity contribution in [2.24, 2.45) is 5.73 Å². The molecule has 1 saturated heterocycles. The zero-order chi connectivity index (χ0) is 9.84. The molecule has 3 atom stereocenters. The van der Waals surface area contributed by atoms with Gasteiger partial charge >= 0.3 is 0 Å². The molecule has 0 aromatic heterocycles. The molecule has 3 unspecified atom stereocenters. The van der Waals surface area contributed by atoms with Crippen molar-refractivity contribution >= 4 is 0 Å². The first-order valence-electron chi connectivity index (χ1n) is 4.82. The Labute approximate surface area is 79.7 Å². The minimum atomic E-state index is 0.0145. The Morgan fingerprint density at radius 2 is 2.38 bits per heavy atom. The van der Waals surface area contributed by atoms with Crippen LogP contribution in [0.1, 0.15) is 13.3 Å². The highest BCUT2D eigenvalue weighted by molar-refractivity contribution is 4.85. The summed E-state index contributed by atoms with van der Waals surface area (Å²) in [6.45, 7) is 3.93. The van der Waals surface area contributed by atoms with Crippen LogP contribution in [0, 0.1) is 0 Å². The van der Waals surface area contributed by atoms with Gasteiger partial charge in [-0.1, -0.05) is 0 Å². The van der Waals surface area contributed by atoms with Crippen LogP contribution in [-0.4, -0.2) is 55.0 Å². The predicted molar refractivity (Wildman–Crippen MR) is 51.5 cm³/mol. The van der Waals surface area contributed by atoms with E-state index in [1.165, 1.54) is 0 Å². The van der Waals surface area contributed by atoms with E-state index < -0.39 is 0 Å². The molecule has 13 heavy (non-hydrogen) atoms. The third-order valence-electron chi connectivity index (χ3n) is 2.77. The number of nitrogens with two attached hydrogens (primary N) is 1. The summed E-state index contributed by atoms with van der Waals surface area (Å²) in [7, 11) is 1.73. The van der Waals surface area contributed by atoms with Crippen molar-refractivity contribution in [3.63, 3.8) is 0 Å². The molecular formula is C9H20N2O2. The van der Waals surface area contributed by atoms with Gasteiger partial charge in [0, 0.05) is 32.3 Å². The molecule has 1 heterocycles. The number of rotatable bonds is 4. The summed E-state index contributed by atoms with van der Waals surface area (Å²) in [6, 6.07) is 0.0979. The van der Waals surface area contributed by atoms with Crippen molar-refractivity contribution in [3.05, 3.63) is 0 Å². The lowest BCUT2D eigenvalue weighted by Gasteiger charge is -2.28. The molecule has 0 aromatic carbocycles. The fraction of sp³-hybridized carbons (Fsp3) is 1.00. The quantitative estimate of drug-likeness (QED) is 0.619. The van der Waals surface area contributed by atoms with Crippen LogP contribution in [-0.2, 0) is 4.74 Å². The van der Waals surface area contributed by atoms with E-state index in [0.717, 1.165) is 19.5 Å². The van der Waals surface area contributed by atoms with Gasteiger partial charge in [-0.05, 0) is 13.3 Å². The Kier molecular flexibility index (Phi) is 4.12. The van der Waals surface area contributed by atoms with Crippen LogP contribution in [0.5, 0.6) is 0 Å². The molecule has 4 nitrogen and oxygen atoms in total. The summed E-state index contributed by atoms with van der Waals surface area (Å²) in [5.74, 6) is 0. The molecule has 0 amide bonds. The van der Waals surface area contributed by atoms with Crippen molar-refractivity contribution in [2.45, 2.75) is 31.5 Å². The van der Waals surface area contributed by atoms with Gasteiger partial charge in [-0.15, -0.1) is 0 Å². The number of ether oxygens (including phenoxy) is 1. The average Bonchev–Trinajstić information content (AvgIpc) is 2.53. The maximum Gasteiger partial charge on any atom is 0.0710 e. The first-order chi connectivity index (χ1) is 6.19. The Morgan fingerprint density at radius 3 is 2.77 bits per heavy atom. The Morgan fingerprint density at radius 1 is 1.69 bits per heavy atom. The second kappa shape index (κ2) is 4.91. The highest BCUT2D eigenvalue weighted by Gasteiger charge is 2.29. The van der Waals surface area contributed by atoms with E-state index >= 15 is 0 Å². The van der Waals surface area contributed by atoms with Gasteiger partial charge in [0.25, 0.3) is 0 Å². The van der Waals surface area contributed by atoms with Crippen LogP contribution in [0.25, 0.3) is 0 Å². The largest absolute Gasteiger partial charge is 0.395 e. The van der Waals surface area contributed by atoms with Gasteiger partial charge in [-0.2, -0.15) is 0 Å². The lowest BCUT2D eigenvalue weighted by molar-refractivity contribution is 0.0830. The van der Waals surface area contributed by atoms with Crippen LogP contribution in [0.15, 0.2) is 0 Å². The molecule has 0 aliphatic carbocycles. The van der Waals surface area contributed by atoms with Gasteiger partial charge in [0.1, 0.15) is 0 Å². The molecule has 0 aromatic rings. The summed E-state index contributed by atoms with van der Waals surface area (Å²) in [6.07, 6.45) is 1.35. The topological polar surface area (TPSA) is 58.7 Å². The molecular weight excluding hydrogens is 168 g/mol. The number of likely N-dealkylation sites (tertiary alicyclic amines) is 1. The van der Waals surface area contributed by atoms with Gasteiger partial charge in [0.2, 0.25) is 0 Å². The third kappa shape index (κ3) is 2.64. The summed E-state index contributed by atoms with van der Waals surface area (Å²) in [4.78, 5) is 2.21. The van der Waals surface area contributed by atoms with Crippen molar-refractivity contribution < 1.29 is 9.84 Å². The van der Waals surface area contributed by atoms with Crippen LogP contribution in [0.3, 0.4) is 0 Å². The normalized spacial score (nSPS) is 29.1. The Hall–Kier alpha value is -0.160. The van der Waals surface area contributed by atoms with Gasteiger partial charge in [-0.3, -0.25) is 4.90 Å². The van der Waals surface area contributed by atoms with Gasteiger partial charge in [-0.25, -0.2) is 0 Å². The Balaban J connectivity index is 2.43. The van der Waals surface area contributed by atoms with Crippen LogP contribution in [0.2, 0.25) is 0 Å². The fourth-order valence-electron chi connectivity index (χ4n) is 1.86. The van der Waals surface area contributed by atoms with Crippen LogP contribution in [0.4, 0.5) is 0 Å². The number of methoxy groups -OCH3 is 1. The van der Waals surface area contributed by atoms with Crippen LogP contribution >= 0.6 is 0 Å². The van der Waals surface area contributed by atoms with Crippen molar-refractivity contribution in [1.82, 2.24) is 4.90 Å². The van der Waals surface area contributed by atoms with E-state index in [2.05, 4.69) is 4.90 Å². The summed E-state index contributed by atoms with van der Waals surface area (Å²) in [5.41, 5.74) is 5.77. The summed E-state index contributed by atoms with van der Waals surface area (Å²) >= 11 is 0. The molecule has 0 saturated carbocycles.